The number of esters is 1. The third-order valence-electron chi connectivity index (χ3n) is 1.85. The molecule has 0 aromatic heterocycles. The van der Waals surface area contributed by atoms with Gasteiger partial charge in [-0.05, 0) is 24.3 Å². The molecule has 1 aromatic rings. The average molecular weight is 236 g/mol. The standard InChI is InChI=1S/C12H12O5/c1-3-11(13)17-8(2)16-10-6-4-9(5-7-10)12(14)15/h3-8H,1H2,2H3,(H,14,15). The van der Waals surface area contributed by atoms with Gasteiger partial charge < -0.3 is 14.6 Å². The lowest BCUT2D eigenvalue weighted by atomic mass is 10.2. The Morgan fingerprint density at radius 3 is 2.41 bits per heavy atom. The van der Waals surface area contributed by atoms with E-state index in [4.69, 9.17) is 14.6 Å². The van der Waals surface area contributed by atoms with Crippen molar-refractivity contribution in [3.8, 4) is 5.75 Å². The zero-order chi connectivity index (χ0) is 12.8. The van der Waals surface area contributed by atoms with Crippen LogP contribution >= 0.6 is 0 Å². The van der Waals surface area contributed by atoms with E-state index < -0.39 is 18.2 Å². The highest BCUT2D eigenvalue weighted by atomic mass is 16.7. The molecule has 0 heterocycles. The van der Waals surface area contributed by atoms with Gasteiger partial charge in [0.15, 0.2) is 0 Å². The van der Waals surface area contributed by atoms with Gasteiger partial charge >= 0.3 is 11.9 Å². The molecule has 90 valence electrons. The molecule has 1 N–H and O–H groups in total. The Hall–Kier alpha value is -2.30. The minimum atomic E-state index is -1.01. The number of ether oxygens (including phenoxy) is 2. The summed E-state index contributed by atoms with van der Waals surface area (Å²) < 4.78 is 10.0. The molecule has 1 rings (SSSR count). The van der Waals surface area contributed by atoms with Gasteiger partial charge in [-0.2, -0.15) is 0 Å². The summed E-state index contributed by atoms with van der Waals surface area (Å²) in [6.45, 7) is 4.80. The Morgan fingerprint density at radius 2 is 1.94 bits per heavy atom. The SMILES string of the molecule is C=CC(=O)OC(C)Oc1ccc(C(=O)O)cc1. The van der Waals surface area contributed by atoms with Crippen molar-refractivity contribution in [3.63, 3.8) is 0 Å². The number of aromatic carboxylic acids is 1. The molecular formula is C12H12O5. The van der Waals surface area contributed by atoms with Gasteiger partial charge in [-0.15, -0.1) is 0 Å². The van der Waals surface area contributed by atoms with E-state index in [1.807, 2.05) is 0 Å². The highest BCUT2D eigenvalue weighted by Gasteiger charge is 2.08. The van der Waals surface area contributed by atoms with E-state index in [0.717, 1.165) is 6.08 Å². The highest BCUT2D eigenvalue weighted by Crippen LogP contribution is 2.14. The van der Waals surface area contributed by atoms with Gasteiger partial charge in [-0.3, -0.25) is 0 Å². The molecule has 0 bridgehead atoms. The summed E-state index contributed by atoms with van der Waals surface area (Å²) in [5.41, 5.74) is 0.160. The molecule has 5 heteroatoms. The highest BCUT2D eigenvalue weighted by molar-refractivity contribution is 5.87. The topological polar surface area (TPSA) is 72.8 Å². The van der Waals surface area contributed by atoms with Crippen LogP contribution in [0, 0.1) is 0 Å². The lowest BCUT2D eigenvalue weighted by molar-refractivity contribution is -0.154. The van der Waals surface area contributed by atoms with Gasteiger partial charge in [0.05, 0.1) is 5.56 Å². The number of hydrogen-bond acceptors (Lipinski definition) is 4. The fraction of sp³-hybridized carbons (Fsp3) is 0.167. The molecule has 0 spiro atoms. The third-order valence-corrected chi connectivity index (χ3v) is 1.85. The maximum atomic E-state index is 10.9. The van der Waals surface area contributed by atoms with Crippen LogP contribution in [-0.2, 0) is 9.53 Å². The molecule has 0 aliphatic rings. The van der Waals surface area contributed by atoms with Crippen LogP contribution in [0.25, 0.3) is 0 Å². The van der Waals surface area contributed by atoms with Crippen molar-refractivity contribution in [2.45, 2.75) is 13.2 Å². The molecule has 1 unspecified atom stereocenters. The molecule has 5 nitrogen and oxygen atoms in total. The molecule has 17 heavy (non-hydrogen) atoms. The normalized spacial score (nSPS) is 11.4. The Labute approximate surface area is 98.3 Å². The minimum absolute atomic E-state index is 0.160. The molecule has 0 saturated carbocycles. The maximum absolute atomic E-state index is 10.9. The van der Waals surface area contributed by atoms with Crippen molar-refractivity contribution >= 4 is 11.9 Å². The first-order valence-electron chi connectivity index (χ1n) is 4.86. The van der Waals surface area contributed by atoms with Gasteiger partial charge in [0.2, 0.25) is 6.29 Å². The molecule has 0 saturated heterocycles. The van der Waals surface area contributed by atoms with Crippen molar-refractivity contribution in [2.75, 3.05) is 0 Å². The molecular weight excluding hydrogens is 224 g/mol. The van der Waals surface area contributed by atoms with Crippen molar-refractivity contribution in [2.24, 2.45) is 0 Å². The van der Waals surface area contributed by atoms with E-state index in [1.165, 1.54) is 24.3 Å². The van der Waals surface area contributed by atoms with Crippen molar-refractivity contribution < 1.29 is 24.2 Å². The predicted molar refractivity (Wildman–Crippen MR) is 59.8 cm³/mol. The number of hydrogen-bond donors (Lipinski definition) is 1. The lowest BCUT2D eigenvalue weighted by Crippen LogP contribution is -2.19. The first-order chi connectivity index (χ1) is 8.02. The molecule has 0 fully saturated rings. The van der Waals surface area contributed by atoms with Gasteiger partial charge in [-0.1, -0.05) is 6.58 Å². The third kappa shape index (κ3) is 3.98. The van der Waals surface area contributed by atoms with Crippen LogP contribution < -0.4 is 4.74 Å². The fourth-order valence-electron chi connectivity index (χ4n) is 1.10. The Morgan fingerprint density at radius 1 is 1.35 bits per heavy atom. The van der Waals surface area contributed by atoms with Crippen LogP contribution in [0.15, 0.2) is 36.9 Å². The second-order valence-electron chi connectivity index (χ2n) is 3.16. The fourth-order valence-corrected chi connectivity index (χ4v) is 1.10. The summed E-state index contributed by atoms with van der Waals surface area (Å²) >= 11 is 0. The molecule has 0 radical (unpaired) electrons. The van der Waals surface area contributed by atoms with E-state index >= 15 is 0 Å². The maximum Gasteiger partial charge on any atom is 0.335 e. The number of rotatable bonds is 5. The van der Waals surface area contributed by atoms with Crippen molar-refractivity contribution in [1.82, 2.24) is 0 Å². The summed E-state index contributed by atoms with van der Waals surface area (Å²) in [7, 11) is 0. The molecule has 0 aliphatic carbocycles. The Balaban J connectivity index is 2.59. The van der Waals surface area contributed by atoms with Gasteiger partial charge in [-0.25, -0.2) is 9.59 Å². The molecule has 0 amide bonds. The number of carboxylic acids is 1. The first kappa shape index (κ1) is 12.8. The average Bonchev–Trinajstić information content (AvgIpc) is 2.29. The Kier molecular flexibility index (Phi) is 4.28. The first-order valence-corrected chi connectivity index (χ1v) is 4.86. The minimum Gasteiger partial charge on any atom is -0.478 e. The monoisotopic (exact) mass is 236 g/mol. The smallest absolute Gasteiger partial charge is 0.335 e. The van der Waals surface area contributed by atoms with Gasteiger partial charge in [0, 0.05) is 13.0 Å². The summed E-state index contributed by atoms with van der Waals surface area (Å²) in [6, 6.07) is 5.78. The van der Waals surface area contributed by atoms with Crippen LogP contribution in [-0.4, -0.2) is 23.3 Å². The summed E-state index contributed by atoms with van der Waals surface area (Å²) in [5, 5.41) is 8.69. The van der Waals surface area contributed by atoms with E-state index in [9.17, 15) is 9.59 Å². The molecule has 1 aromatic carbocycles. The molecule has 1 atom stereocenters. The summed E-state index contributed by atoms with van der Waals surface area (Å²) in [6.07, 6.45) is 0.268. The zero-order valence-electron chi connectivity index (χ0n) is 9.25. The molecule has 0 aliphatic heterocycles. The van der Waals surface area contributed by atoms with Gasteiger partial charge in [0.25, 0.3) is 0 Å². The zero-order valence-corrected chi connectivity index (χ0v) is 9.25. The predicted octanol–water partition coefficient (Wildman–Crippen LogP) is 1.84. The largest absolute Gasteiger partial charge is 0.478 e. The summed E-state index contributed by atoms with van der Waals surface area (Å²) in [4.78, 5) is 21.5. The second-order valence-corrected chi connectivity index (χ2v) is 3.16. The van der Waals surface area contributed by atoms with E-state index in [0.29, 0.717) is 5.75 Å². The second kappa shape index (κ2) is 5.69. The van der Waals surface area contributed by atoms with Crippen LogP contribution in [0.3, 0.4) is 0 Å². The number of carboxylic acid groups (broad SMARTS) is 1. The van der Waals surface area contributed by atoms with E-state index in [1.54, 1.807) is 6.92 Å². The van der Waals surface area contributed by atoms with Crippen molar-refractivity contribution in [3.05, 3.63) is 42.5 Å². The van der Waals surface area contributed by atoms with Crippen molar-refractivity contribution in [1.29, 1.82) is 0 Å². The van der Waals surface area contributed by atoms with E-state index in [2.05, 4.69) is 6.58 Å². The van der Waals surface area contributed by atoms with E-state index in [-0.39, 0.29) is 5.56 Å². The van der Waals surface area contributed by atoms with Crippen LogP contribution in [0.4, 0.5) is 0 Å². The number of carbonyl (C=O) groups excluding carboxylic acids is 1. The van der Waals surface area contributed by atoms with Crippen LogP contribution in [0.2, 0.25) is 0 Å². The quantitative estimate of drug-likeness (QED) is 0.479. The number of carbonyl (C=O) groups is 2. The van der Waals surface area contributed by atoms with Gasteiger partial charge in [0.1, 0.15) is 5.75 Å². The van der Waals surface area contributed by atoms with Crippen LogP contribution in [0.5, 0.6) is 5.75 Å². The lowest BCUT2D eigenvalue weighted by Gasteiger charge is -2.14. The number of benzene rings is 1. The Bertz CT molecular complexity index is 421. The summed E-state index contributed by atoms with van der Waals surface area (Å²) in [5.74, 6) is -1.18. The van der Waals surface area contributed by atoms with Crippen LogP contribution in [0.1, 0.15) is 17.3 Å².